The molecule has 162 valence electrons. The molecule has 2 aromatic rings. The van der Waals surface area contributed by atoms with Crippen molar-refractivity contribution < 1.29 is 19.1 Å². The first-order valence-electron chi connectivity index (χ1n) is 9.85. The third kappa shape index (κ3) is 6.32. The standard InChI is InChI=1S/C23H22ClNO4S2/c1-2-13-28-21(26)11-12-25-22(27)20(31-23(25)30)14-16-7-4-6-10-19(16)29-15-17-8-3-5-9-18(17)24/h3-10,14H,2,11-13,15H2,1H3/b20-14+. The van der Waals surface area contributed by atoms with Gasteiger partial charge in [0, 0.05) is 22.7 Å². The lowest BCUT2D eigenvalue weighted by Gasteiger charge is -2.13. The van der Waals surface area contributed by atoms with Gasteiger partial charge in [-0.3, -0.25) is 14.5 Å². The summed E-state index contributed by atoms with van der Waals surface area (Å²) in [5.74, 6) is 0.0771. The molecule has 1 heterocycles. The summed E-state index contributed by atoms with van der Waals surface area (Å²) in [5, 5.41) is 0.637. The highest BCUT2D eigenvalue weighted by Gasteiger charge is 2.32. The summed E-state index contributed by atoms with van der Waals surface area (Å²) in [6.45, 7) is 2.82. The van der Waals surface area contributed by atoms with Crippen molar-refractivity contribution in [1.82, 2.24) is 4.90 Å². The SMILES string of the molecule is CCCOC(=O)CCN1C(=O)/C(=C\c2ccccc2OCc2ccccc2Cl)SC1=S. The molecule has 8 heteroatoms. The van der Waals surface area contributed by atoms with E-state index in [1.165, 1.54) is 16.7 Å². The Bertz CT molecular complexity index is 1010. The molecule has 31 heavy (non-hydrogen) atoms. The van der Waals surface area contributed by atoms with E-state index in [2.05, 4.69) is 0 Å². The average molecular weight is 476 g/mol. The molecule has 0 spiro atoms. The van der Waals surface area contributed by atoms with Gasteiger partial charge in [0.2, 0.25) is 0 Å². The van der Waals surface area contributed by atoms with Crippen LogP contribution in [0.15, 0.2) is 53.4 Å². The maximum absolute atomic E-state index is 12.8. The number of nitrogens with zero attached hydrogens (tertiary/aromatic N) is 1. The number of carbonyl (C=O) groups is 2. The minimum absolute atomic E-state index is 0.108. The van der Waals surface area contributed by atoms with Gasteiger partial charge in [-0.15, -0.1) is 0 Å². The first-order chi connectivity index (χ1) is 15.0. The molecule has 0 N–H and O–H groups in total. The first-order valence-corrected chi connectivity index (χ1v) is 11.5. The molecule has 0 aliphatic carbocycles. The van der Waals surface area contributed by atoms with E-state index in [4.69, 9.17) is 33.3 Å². The highest BCUT2D eigenvalue weighted by molar-refractivity contribution is 8.26. The second kappa shape index (κ2) is 11.3. The van der Waals surface area contributed by atoms with Gasteiger partial charge in [-0.1, -0.05) is 78.9 Å². The van der Waals surface area contributed by atoms with Crippen LogP contribution < -0.4 is 4.74 Å². The number of rotatable bonds is 9. The molecule has 1 saturated heterocycles. The number of esters is 1. The van der Waals surface area contributed by atoms with Crippen molar-refractivity contribution in [3.8, 4) is 5.75 Å². The fourth-order valence-corrected chi connectivity index (χ4v) is 4.32. The van der Waals surface area contributed by atoms with E-state index in [0.29, 0.717) is 33.2 Å². The molecule has 5 nitrogen and oxygen atoms in total. The van der Waals surface area contributed by atoms with Gasteiger partial charge in [0.05, 0.1) is 17.9 Å². The van der Waals surface area contributed by atoms with Crippen molar-refractivity contribution in [2.24, 2.45) is 0 Å². The van der Waals surface area contributed by atoms with Crippen molar-refractivity contribution in [1.29, 1.82) is 0 Å². The Hall–Kier alpha value is -2.35. The van der Waals surface area contributed by atoms with Crippen LogP contribution in [0.1, 0.15) is 30.9 Å². The maximum Gasteiger partial charge on any atom is 0.307 e. The summed E-state index contributed by atoms with van der Waals surface area (Å²) < 4.78 is 11.5. The molecule has 0 unspecified atom stereocenters. The van der Waals surface area contributed by atoms with Gasteiger partial charge in [-0.05, 0) is 24.6 Å². The topological polar surface area (TPSA) is 55.8 Å². The fraction of sp³-hybridized carbons (Fsp3) is 0.261. The van der Waals surface area contributed by atoms with Crippen molar-refractivity contribution in [3.05, 3.63) is 69.6 Å². The summed E-state index contributed by atoms with van der Waals surface area (Å²) in [5.41, 5.74) is 1.64. The van der Waals surface area contributed by atoms with Gasteiger partial charge in [0.15, 0.2) is 0 Å². The fourth-order valence-electron chi connectivity index (χ4n) is 2.83. The Kier molecular flexibility index (Phi) is 8.51. The smallest absolute Gasteiger partial charge is 0.307 e. The number of halogens is 1. The van der Waals surface area contributed by atoms with E-state index in [9.17, 15) is 9.59 Å². The van der Waals surface area contributed by atoms with Crippen LogP contribution in [0.25, 0.3) is 6.08 Å². The number of thioether (sulfide) groups is 1. The van der Waals surface area contributed by atoms with Crippen LogP contribution in [0.5, 0.6) is 5.75 Å². The number of thiocarbonyl (C=S) groups is 1. The monoisotopic (exact) mass is 475 g/mol. The van der Waals surface area contributed by atoms with E-state index in [1.54, 1.807) is 6.08 Å². The van der Waals surface area contributed by atoms with Crippen molar-refractivity contribution in [2.75, 3.05) is 13.2 Å². The number of carbonyl (C=O) groups excluding carboxylic acids is 2. The van der Waals surface area contributed by atoms with Crippen LogP contribution in [0.3, 0.4) is 0 Å². The lowest BCUT2D eigenvalue weighted by atomic mass is 10.1. The number of hydrogen-bond donors (Lipinski definition) is 0. The minimum Gasteiger partial charge on any atom is -0.488 e. The van der Waals surface area contributed by atoms with E-state index >= 15 is 0 Å². The van der Waals surface area contributed by atoms with Gasteiger partial charge in [-0.2, -0.15) is 0 Å². The molecule has 1 fully saturated rings. The predicted molar refractivity (Wildman–Crippen MR) is 128 cm³/mol. The Labute approximate surface area is 196 Å². The molecular weight excluding hydrogens is 454 g/mol. The van der Waals surface area contributed by atoms with Gasteiger partial charge < -0.3 is 9.47 Å². The van der Waals surface area contributed by atoms with Crippen LogP contribution in [-0.4, -0.2) is 34.2 Å². The molecule has 2 aromatic carbocycles. The Morgan fingerprint density at radius 2 is 1.94 bits per heavy atom. The van der Waals surface area contributed by atoms with Crippen LogP contribution in [0.4, 0.5) is 0 Å². The third-order valence-corrected chi connectivity index (χ3v) is 6.17. The molecule has 1 aliphatic heterocycles. The van der Waals surface area contributed by atoms with Gasteiger partial charge in [0.1, 0.15) is 16.7 Å². The average Bonchev–Trinajstić information content (AvgIpc) is 3.03. The lowest BCUT2D eigenvalue weighted by Crippen LogP contribution is -2.30. The lowest BCUT2D eigenvalue weighted by molar-refractivity contribution is -0.143. The van der Waals surface area contributed by atoms with Crippen molar-refractivity contribution in [3.63, 3.8) is 0 Å². The Balaban J connectivity index is 1.69. The molecule has 0 aromatic heterocycles. The van der Waals surface area contributed by atoms with Gasteiger partial charge >= 0.3 is 5.97 Å². The van der Waals surface area contributed by atoms with E-state index in [-0.39, 0.29) is 24.8 Å². The van der Waals surface area contributed by atoms with E-state index < -0.39 is 0 Å². The quantitative estimate of drug-likeness (QED) is 0.272. The van der Waals surface area contributed by atoms with Crippen molar-refractivity contribution >= 4 is 57.9 Å². The molecule has 0 saturated carbocycles. The second-order valence-electron chi connectivity index (χ2n) is 6.72. The molecule has 1 amide bonds. The Morgan fingerprint density at radius 1 is 1.19 bits per heavy atom. The third-order valence-electron chi connectivity index (χ3n) is 4.43. The van der Waals surface area contributed by atoms with Gasteiger partial charge in [0.25, 0.3) is 5.91 Å². The summed E-state index contributed by atoms with van der Waals surface area (Å²) in [6.07, 6.45) is 2.63. The minimum atomic E-state index is -0.335. The van der Waals surface area contributed by atoms with Crippen LogP contribution in [0, 0.1) is 0 Å². The van der Waals surface area contributed by atoms with Crippen LogP contribution in [0.2, 0.25) is 5.02 Å². The number of para-hydroxylation sites is 1. The molecule has 0 radical (unpaired) electrons. The molecule has 0 atom stereocenters. The van der Waals surface area contributed by atoms with E-state index in [0.717, 1.165) is 17.5 Å². The normalized spacial score (nSPS) is 14.9. The zero-order valence-corrected chi connectivity index (χ0v) is 19.4. The van der Waals surface area contributed by atoms with Crippen LogP contribution in [-0.2, 0) is 20.9 Å². The summed E-state index contributed by atoms with van der Waals surface area (Å²) in [4.78, 5) is 26.5. The Morgan fingerprint density at radius 3 is 2.71 bits per heavy atom. The highest BCUT2D eigenvalue weighted by atomic mass is 35.5. The highest BCUT2D eigenvalue weighted by Crippen LogP contribution is 2.34. The van der Waals surface area contributed by atoms with Crippen LogP contribution >= 0.6 is 35.6 Å². The molecule has 0 bridgehead atoms. The first kappa shape index (κ1) is 23.3. The number of amides is 1. The predicted octanol–water partition coefficient (Wildman–Crippen LogP) is 5.46. The molecule has 1 aliphatic rings. The van der Waals surface area contributed by atoms with E-state index in [1.807, 2.05) is 55.5 Å². The molecule has 3 rings (SSSR count). The number of benzene rings is 2. The number of hydrogen-bond acceptors (Lipinski definition) is 6. The maximum atomic E-state index is 12.8. The summed E-state index contributed by atoms with van der Waals surface area (Å²) >= 11 is 12.8. The summed E-state index contributed by atoms with van der Waals surface area (Å²) in [6, 6.07) is 14.9. The zero-order valence-electron chi connectivity index (χ0n) is 17.0. The number of ether oxygens (including phenoxy) is 2. The summed E-state index contributed by atoms with van der Waals surface area (Å²) in [7, 11) is 0. The van der Waals surface area contributed by atoms with Crippen molar-refractivity contribution in [2.45, 2.75) is 26.4 Å². The second-order valence-corrected chi connectivity index (χ2v) is 8.80. The van der Waals surface area contributed by atoms with Gasteiger partial charge in [-0.25, -0.2) is 0 Å². The molecular formula is C23H22ClNO4S2. The largest absolute Gasteiger partial charge is 0.488 e. The zero-order chi connectivity index (χ0) is 22.2.